The molecular weight excluding hydrogens is 240 g/mol. The van der Waals surface area contributed by atoms with E-state index in [0.717, 1.165) is 29.8 Å². The summed E-state index contributed by atoms with van der Waals surface area (Å²) in [7, 11) is 1.77. The lowest BCUT2D eigenvalue weighted by Gasteiger charge is -2.35. The molecule has 0 spiro atoms. The minimum atomic E-state index is 0.426. The summed E-state index contributed by atoms with van der Waals surface area (Å²) in [5.41, 5.74) is 3.10. The molecule has 0 bridgehead atoms. The number of methoxy groups -OCH3 is 1. The number of oxazole rings is 1. The summed E-state index contributed by atoms with van der Waals surface area (Å²) in [5.74, 6) is 0.692. The van der Waals surface area contributed by atoms with Crippen molar-refractivity contribution in [1.82, 2.24) is 4.98 Å². The maximum Gasteiger partial charge on any atom is 0.191 e. The Morgan fingerprint density at radius 2 is 2.00 bits per heavy atom. The van der Waals surface area contributed by atoms with Crippen LogP contribution in [0.25, 0.3) is 11.3 Å². The molecule has 100 valence electrons. The monoisotopic (exact) mass is 258 g/mol. The zero-order chi connectivity index (χ0) is 13.2. The second-order valence-corrected chi connectivity index (χ2v) is 5.00. The molecule has 1 N–H and O–H groups in total. The number of nitrogens with zero attached hydrogens (tertiary/aromatic N) is 1. The van der Waals surface area contributed by atoms with Gasteiger partial charge >= 0.3 is 0 Å². The summed E-state index contributed by atoms with van der Waals surface area (Å²) >= 11 is 0. The van der Waals surface area contributed by atoms with E-state index in [4.69, 9.17) is 9.15 Å². The lowest BCUT2D eigenvalue weighted by atomic mass is 9.89. The molecule has 1 aromatic carbocycles. The van der Waals surface area contributed by atoms with Crippen molar-refractivity contribution in [3.05, 3.63) is 36.4 Å². The van der Waals surface area contributed by atoms with Gasteiger partial charge in [0, 0.05) is 31.3 Å². The van der Waals surface area contributed by atoms with Crippen molar-refractivity contribution in [3.8, 4) is 11.3 Å². The third-order valence-electron chi connectivity index (χ3n) is 3.60. The van der Waals surface area contributed by atoms with Gasteiger partial charge in [0.25, 0.3) is 0 Å². The van der Waals surface area contributed by atoms with Crippen LogP contribution in [-0.2, 0) is 4.74 Å². The van der Waals surface area contributed by atoms with Crippen molar-refractivity contribution in [2.24, 2.45) is 0 Å². The zero-order valence-electron chi connectivity index (χ0n) is 11.2. The Kier molecular flexibility index (Phi) is 3.25. The van der Waals surface area contributed by atoms with Gasteiger partial charge in [-0.15, -0.1) is 0 Å². The Labute approximate surface area is 112 Å². The van der Waals surface area contributed by atoms with E-state index in [-0.39, 0.29) is 0 Å². The highest BCUT2D eigenvalue weighted by Crippen LogP contribution is 2.27. The van der Waals surface area contributed by atoms with E-state index >= 15 is 0 Å². The first-order valence-electron chi connectivity index (χ1n) is 6.56. The second-order valence-electron chi connectivity index (χ2n) is 5.00. The van der Waals surface area contributed by atoms with Gasteiger partial charge in [-0.3, -0.25) is 0 Å². The van der Waals surface area contributed by atoms with Crippen LogP contribution in [0.15, 0.2) is 34.9 Å². The highest BCUT2D eigenvalue weighted by molar-refractivity contribution is 5.62. The molecule has 0 radical (unpaired) electrons. The van der Waals surface area contributed by atoms with Crippen LogP contribution in [-0.4, -0.2) is 24.2 Å². The van der Waals surface area contributed by atoms with Crippen LogP contribution in [0, 0.1) is 6.92 Å². The number of hydrogen-bond acceptors (Lipinski definition) is 4. The second kappa shape index (κ2) is 5.05. The number of ether oxygens (including phenoxy) is 1. The normalized spacial score (nSPS) is 22.0. The minimum Gasteiger partial charge on any atom is -0.449 e. The number of hydrogen-bond donors (Lipinski definition) is 1. The van der Waals surface area contributed by atoms with Crippen LogP contribution < -0.4 is 5.32 Å². The molecule has 0 unspecified atom stereocenters. The summed E-state index contributed by atoms with van der Waals surface area (Å²) in [4.78, 5) is 4.32. The van der Waals surface area contributed by atoms with Crippen molar-refractivity contribution in [2.45, 2.75) is 31.9 Å². The fourth-order valence-corrected chi connectivity index (χ4v) is 2.34. The van der Waals surface area contributed by atoms with Crippen LogP contribution in [0.3, 0.4) is 0 Å². The van der Waals surface area contributed by atoms with Crippen molar-refractivity contribution in [2.75, 3.05) is 12.4 Å². The van der Waals surface area contributed by atoms with E-state index in [1.807, 2.05) is 6.92 Å². The van der Waals surface area contributed by atoms with E-state index in [9.17, 15) is 0 Å². The Morgan fingerprint density at radius 1 is 1.26 bits per heavy atom. The molecule has 4 nitrogen and oxygen atoms in total. The van der Waals surface area contributed by atoms with Gasteiger partial charge in [0.15, 0.2) is 5.89 Å². The number of anilines is 1. The number of aromatic nitrogens is 1. The maximum absolute atomic E-state index is 5.27. The van der Waals surface area contributed by atoms with Gasteiger partial charge in [0.1, 0.15) is 12.0 Å². The van der Waals surface area contributed by atoms with Crippen LogP contribution in [0.1, 0.15) is 18.7 Å². The molecule has 1 heterocycles. The van der Waals surface area contributed by atoms with Crippen LogP contribution in [0.4, 0.5) is 5.69 Å². The van der Waals surface area contributed by atoms with Crippen molar-refractivity contribution >= 4 is 5.69 Å². The first kappa shape index (κ1) is 12.2. The van der Waals surface area contributed by atoms with Crippen molar-refractivity contribution in [3.63, 3.8) is 0 Å². The van der Waals surface area contributed by atoms with Gasteiger partial charge in [0.05, 0.1) is 6.10 Å². The van der Waals surface area contributed by atoms with Crippen LogP contribution in [0.5, 0.6) is 0 Å². The van der Waals surface area contributed by atoms with Crippen molar-refractivity contribution < 1.29 is 9.15 Å². The number of rotatable bonds is 4. The number of aryl methyl sites for hydroxylation is 1. The molecule has 1 aliphatic carbocycles. The number of nitrogens with one attached hydrogen (secondary N) is 1. The first-order chi connectivity index (χ1) is 9.24. The van der Waals surface area contributed by atoms with Gasteiger partial charge in [-0.1, -0.05) is 12.1 Å². The average molecular weight is 258 g/mol. The molecule has 0 aliphatic heterocycles. The Bertz CT molecular complexity index is 542. The van der Waals surface area contributed by atoms with E-state index in [0.29, 0.717) is 18.0 Å². The number of benzene rings is 1. The molecule has 1 aromatic heterocycles. The van der Waals surface area contributed by atoms with Crippen LogP contribution in [0.2, 0.25) is 0 Å². The van der Waals surface area contributed by atoms with Gasteiger partial charge in [0.2, 0.25) is 0 Å². The van der Waals surface area contributed by atoms with Gasteiger partial charge in [-0.25, -0.2) is 4.98 Å². The van der Waals surface area contributed by atoms with E-state index < -0.39 is 0 Å². The topological polar surface area (TPSA) is 47.3 Å². The predicted molar refractivity (Wildman–Crippen MR) is 74.1 cm³/mol. The van der Waals surface area contributed by atoms with Gasteiger partial charge < -0.3 is 14.5 Å². The van der Waals surface area contributed by atoms with E-state index in [1.165, 1.54) is 0 Å². The molecule has 1 fully saturated rings. The molecule has 0 atom stereocenters. The molecule has 3 rings (SSSR count). The molecule has 19 heavy (non-hydrogen) atoms. The minimum absolute atomic E-state index is 0.426. The molecule has 0 amide bonds. The molecule has 0 saturated heterocycles. The smallest absolute Gasteiger partial charge is 0.191 e. The molecular formula is C15H18N2O2. The Balaban J connectivity index is 1.63. The highest BCUT2D eigenvalue weighted by Gasteiger charge is 2.28. The predicted octanol–water partition coefficient (Wildman–Crippen LogP) is 3.24. The Hall–Kier alpha value is -1.81. The summed E-state index contributed by atoms with van der Waals surface area (Å²) < 4.78 is 10.5. The van der Waals surface area contributed by atoms with Crippen molar-refractivity contribution in [1.29, 1.82) is 0 Å². The summed E-state index contributed by atoms with van der Waals surface area (Å²) in [6.07, 6.45) is 4.28. The zero-order valence-corrected chi connectivity index (χ0v) is 11.2. The first-order valence-corrected chi connectivity index (χ1v) is 6.56. The average Bonchev–Trinajstić information content (AvgIpc) is 2.81. The molecule has 1 saturated carbocycles. The Morgan fingerprint density at radius 3 is 2.58 bits per heavy atom. The lowest BCUT2D eigenvalue weighted by molar-refractivity contribution is 0.0329. The van der Waals surface area contributed by atoms with E-state index in [1.54, 1.807) is 13.4 Å². The summed E-state index contributed by atoms with van der Waals surface area (Å²) in [6.45, 7) is 1.85. The summed E-state index contributed by atoms with van der Waals surface area (Å²) in [5, 5.41) is 3.50. The third kappa shape index (κ3) is 2.63. The quantitative estimate of drug-likeness (QED) is 0.914. The largest absolute Gasteiger partial charge is 0.449 e. The fourth-order valence-electron chi connectivity index (χ4n) is 2.34. The van der Waals surface area contributed by atoms with Gasteiger partial charge in [-0.2, -0.15) is 0 Å². The van der Waals surface area contributed by atoms with Gasteiger partial charge in [-0.05, 0) is 25.0 Å². The SMILES string of the molecule is COC1CC(Nc2ccc(-c3coc(C)n3)cc2)C1. The molecule has 1 aliphatic rings. The fraction of sp³-hybridized carbons (Fsp3) is 0.400. The summed E-state index contributed by atoms with van der Waals surface area (Å²) in [6, 6.07) is 8.82. The highest BCUT2D eigenvalue weighted by atomic mass is 16.5. The standard InChI is InChI=1S/C15H18N2O2/c1-10-16-15(9-19-10)11-3-5-12(6-4-11)17-13-7-14(8-13)18-2/h3-6,9,13-14,17H,7-8H2,1-2H3. The van der Waals surface area contributed by atoms with Crippen LogP contribution >= 0.6 is 0 Å². The maximum atomic E-state index is 5.27. The molecule has 4 heteroatoms. The lowest BCUT2D eigenvalue weighted by Crippen LogP contribution is -2.40. The van der Waals surface area contributed by atoms with E-state index in [2.05, 4.69) is 34.6 Å². The third-order valence-corrected chi connectivity index (χ3v) is 3.60. The molecule has 2 aromatic rings.